The molecule has 0 bridgehead atoms. The third-order valence-electron chi connectivity index (χ3n) is 2.84. The zero-order valence-corrected chi connectivity index (χ0v) is 11.8. The third kappa shape index (κ3) is 6.81. The van der Waals surface area contributed by atoms with Crippen LogP contribution in [-0.4, -0.2) is 37.4 Å². The van der Waals surface area contributed by atoms with Crippen LogP contribution in [0.25, 0.3) is 0 Å². The minimum absolute atomic E-state index is 0.339. The lowest BCUT2D eigenvalue weighted by Crippen LogP contribution is -2.44. The number of hydrogen-bond donors (Lipinski definition) is 3. The lowest BCUT2D eigenvalue weighted by atomic mass is 10.2. The molecule has 1 saturated carbocycles. The van der Waals surface area contributed by atoms with Gasteiger partial charge in [-0.05, 0) is 59.0 Å². The fourth-order valence-corrected chi connectivity index (χ4v) is 1.80. The van der Waals surface area contributed by atoms with Crippen LogP contribution in [0.3, 0.4) is 0 Å². The zero-order valence-electron chi connectivity index (χ0n) is 11.8. The quantitative estimate of drug-likeness (QED) is 0.600. The van der Waals surface area contributed by atoms with Crippen LogP contribution >= 0.6 is 0 Å². The summed E-state index contributed by atoms with van der Waals surface area (Å²) in [4.78, 5) is 11.6. The average Bonchev–Trinajstić information content (AvgIpc) is 3.04. The molecule has 1 atom stereocenters. The number of alkyl carbamates (subject to hydrolysis) is 1. The molecule has 1 fully saturated rings. The maximum absolute atomic E-state index is 11.6. The Bertz CT molecular complexity index is 259. The Labute approximate surface area is 110 Å². The van der Waals surface area contributed by atoms with E-state index in [2.05, 4.69) is 10.6 Å². The molecule has 106 valence electrons. The van der Waals surface area contributed by atoms with E-state index >= 15 is 0 Å². The summed E-state index contributed by atoms with van der Waals surface area (Å²) >= 11 is 0. The summed E-state index contributed by atoms with van der Waals surface area (Å²) in [6.07, 6.45) is 3.12. The van der Waals surface area contributed by atoms with Crippen LogP contribution < -0.4 is 16.4 Å². The second-order valence-corrected chi connectivity index (χ2v) is 5.92. The van der Waals surface area contributed by atoms with E-state index in [1.165, 1.54) is 12.8 Å². The highest BCUT2D eigenvalue weighted by atomic mass is 16.6. The van der Waals surface area contributed by atoms with Crippen LogP contribution in [-0.2, 0) is 4.74 Å². The number of nitrogens with one attached hydrogen (secondary N) is 2. The molecule has 0 radical (unpaired) electrons. The van der Waals surface area contributed by atoms with Gasteiger partial charge in [0.1, 0.15) is 5.60 Å². The summed E-state index contributed by atoms with van der Waals surface area (Å²) in [5.41, 5.74) is 5.03. The Morgan fingerprint density at radius 3 is 2.61 bits per heavy atom. The van der Waals surface area contributed by atoms with Crippen LogP contribution in [0.2, 0.25) is 0 Å². The van der Waals surface area contributed by atoms with Crippen molar-refractivity contribution in [1.29, 1.82) is 0 Å². The SMILES string of the molecule is CC(C)(C)OC(=O)NCC(NCCCN)C1CC1. The van der Waals surface area contributed by atoms with Crippen molar-refractivity contribution < 1.29 is 9.53 Å². The van der Waals surface area contributed by atoms with Crippen LogP contribution in [0.5, 0.6) is 0 Å². The molecular formula is C13H27N3O2. The van der Waals surface area contributed by atoms with E-state index in [1.807, 2.05) is 20.8 Å². The number of rotatable bonds is 7. The van der Waals surface area contributed by atoms with Crippen molar-refractivity contribution in [2.24, 2.45) is 11.7 Å². The van der Waals surface area contributed by atoms with E-state index in [0.29, 0.717) is 25.0 Å². The van der Waals surface area contributed by atoms with Gasteiger partial charge in [-0.3, -0.25) is 0 Å². The topological polar surface area (TPSA) is 76.4 Å². The lowest BCUT2D eigenvalue weighted by Gasteiger charge is -2.22. The Morgan fingerprint density at radius 2 is 2.11 bits per heavy atom. The first-order valence-electron chi connectivity index (χ1n) is 6.82. The van der Waals surface area contributed by atoms with Crippen LogP contribution in [0.4, 0.5) is 4.79 Å². The van der Waals surface area contributed by atoms with E-state index in [-0.39, 0.29) is 6.09 Å². The van der Waals surface area contributed by atoms with Gasteiger partial charge in [-0.2, -0.15) is 0 Å². The molecule has 0 aromatic carbocycles. The summed E-state index contributed by atoms with van der Waals surface area (Å²) < 4.78 is 5.22. The molecule has 5 heteroatoms. The summed E-state index contributed by atoms with van der Waals surface area (Å²) in [6, 6.07) is 0.351. The maximum atomic E-state index is 11.6. The molecule has 18 heavy (non-hydrogen) atoms. The summed E-state index contributed by atoms with van der Waals surface area (Å²) in [7, 11) is 0. The molecule has 4 N–H and O–H groups in total. The normalized spacial score (nSPS) is 17.3. The average molecular weight is 257 g/mol. The highest BCUT2D eigenvalue weighted by Crippen LogP contribution is 2.32. The van der Waals surface area contributed by atoms with E-state index in [1.54, 1.807) is 0 Å². The van der Waals surface area contributed by atoms with Crippen molar-refractivity contribution in [2.75, 3.05) is 19.6 Å². The molecule has 0 aliphatic heterocycles. The van der Waals surface area contributed by atoms with Crippen molar-refractivity contribution in [3.63, 3.8) is 0 Å². The van der Waals surface area contributed by atoms with Gasteiger partial charge in [-0.1, -0.05) is 0 Å². The minimum atomic E-state index is -0.438. The minimum Gasteiger partial charge on any atom is -0.444 e. The van der Waals surface area contributed by atoms with Crippen molar-refractivity contribution >= 4 is 6.09 Å². The molecule has 5 nitrogen and oxygen atoms in total. The largest absolute Gasteiger partial charge is 0.444 e. The van der Waals surface area contributed by atoms with Gasteiger partial charge < -0.3 is 21.1 Å². The summed E-state index contributed by atoms with van der Waals surface area (Å²) in [5.74, 6) is 0.692. The van der Waals surface area contributed by atoms with Crippen molar-refractivity contribution in [3.8, 4) is 0 Å². The number of nitrogens with two attached hydrogens (primary N) is 1. The second-order valence-electron chi connectivity index (χ2n) is 5.92. The molecule has 1 unspecified atom stereocenters. The first-order chi connectivity index (χ1) is 8.42. The highest BCUT2D eigenvalue weighted by molar-refractivity contribution is 5.67. The Hall–Kier alpha value is -0.810. The Morgan fingerprint density at radius 1 is 1.44 bits per heavy atom. The molecule has 1 rings (SSSR count). The predicted molar refractivity (Wildman–Crippen MR) is 72.4 cm³/mol. The van der Waals surface area contributed by atoms with E-state index in [4.69, 9.17) is 10.5 Å². The summed E-state index contributed by atoms with van der Waals surface area (Å²) in [6.45, 7) is 7.83. The molecular weight excluding hydrogens is 230 g/mol. The van der Waals surface area contributed by atoms with Gasteiger partial charge >= 0.3 is 6.09 Å². The first kappa shape index (κ1) is 15.2. The lowest BCUT2D eigenvalue weighted by molar-refractivity contribution is 0.0521. The van der Waals surface area contributed by atoms with Crippen molar-refractivity contribution in [2.45, 2.75) is 51.7 Å². The molecule has 0 spiro atoms. The number of amides is 1. The summed E-state index contributed by atoms with van der Waals surface area (Å²) in [5, 5.41) is 6.28. The van der Waals surface area contributed by atoms with Crippen molar-refractivity contribution in [1.82, 2.24) is 10.6 Å². The number of ether oxygens (including phenoxy) is 1. The fourth-order valence-electron chi connectivity index (χ4n) is 1.80. The van der Waals surface area contributed by atoms with E-state index in [9.17, 15) is 4.79 Å². The smallest absolute Gasteiger partial charge is 0.407 e. The number of carbonyl (C=O) groups excluding carboxylic acids is 1. The number of carbonyl (C=O) groups is 1. The highest BCUT2D eigenvalue weighted by Gasteiger charge is 2.31. The fraction of sp³-hybridized carbons (Fsp3) is 0.923. The second kappa shape index (κ2) is 6.95. The van der Waals surface area contributed by atoms with Gasteiger partial charge in [0.15, 0.2) is 0 Å². The molecule has 1 aliphatic carbocycles. The van der Waals surface area contributed by atoms with Crippen LogP contribution in [0.1, 0.15) is 40.0 Å². The molecule has 0 saturated heterocycles. The van der Waals surface area contributed by atoms with Gasteiger partial charge in [-0.25, -0.2) is 4.79 Å². The van der Waals surface area contributed by atoms with Crippen LogP contribution in [0, 0.1) is 5.92 Å². The molecule has 1 aliphatic rings. The predicted octanol–water partition coefficient (Wildman–Crippen LogP) is 1.23. The van der Waals surface area contributed by atoms with Gasteiger partial charge in [0.2, 0.25) is 0 Å². The standard InChI is InChI=1S/C13H27N3O2/c1-13(2,3)18-12(17)16-9-11(10-5-6-10)15-8-4-7-14/h10-11,15H,4-9,14H2,1-3H3,(H,16,17). The van der Waals surface area contributed by atoms with Gasteiger partial charge in [0, 0.05) is 12.6 Å². The molecule has 0 aromatic heterocycles. The van der Waals surface area contributed by atoms with E-state index < -0.39 is 5.60 Å². The third-order valence-corrected chi connectivity index (χ3v) is 2.84. The van der Waals surface area contributed by atoms with Gasteiger partial charge in [-0.15, -0.1) is 0 Å². The molecule has 1 amide bonds. The Balaban J connectivity index is 2.22. The van der Waals surface area contributed by atoms with Crippen LogP contribution in [0.15, 0.2) is 0 Å². The van der Waals surface area contributed by atoms with Gasteiger partial charge in [0.05, 0.1) is 0 Å². The van der Waals surface area contributed by atoms with Crippen molar-refractivity contribution in [3.05, 3.63) is 0 Å². The van der Waals surface area contributed by atoms with E-state index in [0.717, 1.165) is 13.0 Å². The van der Waals surface area contributed by atoms with Gasteiger partial charge in [0.25, 0.3) is 0 Å². The maximum Gasteiger partial charge on any atom is 0.407 e. The monoisotopic (exact) mass is 257 g/mol. The first-order valence-corrected chi connectivity index (χ1v) is 6.82. The molecule has 0 aromatic rings. The Kier molecular flexibility index (Phi) is 5.88. The molecule has 0 heterocycles. The number of hydrogen-bond acceptors (Lipinski definition) is 4. The zero-order chi connectivity index (χ0) is 13.6.